The fraction of sp³-hybridized carbons (Fsp3) is 0.583. The molecule has 0 bridgehead atoms. The van der Waals surface area contributed by atoms with Crippen molar-refractivity contribution in [1.82, 2.24) is 10.3 Å². The van der Waals surface area contributed by atoms with Crippen LogP contribution in [0.1, 0.15) is 29.4 Å². The van der Waals surface area contributed by atoms with Crippen molar-refractivity contribution < 1.29 is 14.3 Å². The number of esters is 1. The number of hydrogen-bond donors (Lipinski definition) is 2. The van der Waals surface area contributed by atoms with Crippen molar-refractivity contribution in [2.45, 2.75) is 32.0 Å². The van der Waals surface area contributed by atoms with Crippen LogP contribution in [0.15, 0.2) is 12.3 Å². The predicted molar refractivity (Wildman–Crippen MR) is 62.8 cm³/mol. The average Bonchev–Trinajstić information content (AvgIpc) is 2.94. The van der Waals surface area contributed by atoms with Gasteiger partial charge in [0.2, 0.25) is 0 Å². The zero-order chi connectivity index (χ0) is 12.3. The Hall–Kier alpha value is -1.33. The van der Waals surface area contributed by atoms with Crippen LogP contribution in [-0.4, -0.2) is 36.8 Å². The van der Waals surface area contributed by atoms with Gasteiger partial charge in [-0.2, -0.15) is 0 Å². The summed E-state index contributed by atoms with van der Waals surface area (Å²) >= 11 is 0. The Balaban J connectivity index is 1.95. The molecule has 1 saturated heterocycles. The highest BCUT2D eigenvalue weighted by Gasteiger charge is 2.24. The summed E-state index contributed by atoms with van der Waals surface area (Å²) in [4.78, 5) is 14.5. The van der Waals surface area contributed by atoms with E-state index in [4.69, 9.17) is 9.47 Å². The molecular weight excluding hydrogens is 220 g/mol. The van der Waals surface area contributed by atoms with Crippen molar-refractivity contribution in [3.05, 3.63) is 23.5 Å². The van der Waals surface area contributed by atoms with E-state index in [9.17, 15) is 4.79 Å². The van der Waals surface area contributed by atoms with Gasteiger partial charge in [-0.3, -0.25) is 0 Å². The van der Waals surface area contributed by atoms with Gasteiger partial charge >= 0.3 is 5.97 Å². The number of H-pyrrole nitrogens is 1. The third kappa shape index (κ3) is 2.68. The summed E-state index contributed by atoms with van der Waals surface area (Å²) < 4.78 is 10.2. The first-order chi connectivity index (χ1) is 8.22. The number of nitrogens with one attached hydrogen (secondary N) is 2. The molecule has 0 aromatic carbocycles. The van der Waals surface area contributed by atoms with E-state index in [1.54, 1.807) is 12.3 Å². The first-order valence-electron chi connectivity index (χ1n) is 5.82. The monoisotopic (exact) mass is 238 g/mol. The highest BCUT2D eigenvalue weighted by atomic mass is 16.5. The third-order valence-corrected chi connectivity index (χ3v) is 3.16. The van der Waals surface area contributed by atoms with Crippen molar-refractivity contribution in [3.8, 4) is 0 Å². The minimum atomic E-state index is -0.307. The highest BCUT2D eigenvalue weighted by Crippen LogP contribution is 2.14. The van der Waals surface area contributed by atoms with E-state index in [-0.39, 0.29) is 12.1 Å². The summed E-state index contributed by atoms with van der Waals surface area (Å²) in [7, 11) is 1.39. The van der Waals surface area contributed by atoms with Crippen molar-refractivity contribution in [1.29, 1.82) is 0 Å². The summed E-state index contributed by atoms with van der Waals surface area (Å²) in [5.74, 6) is -0.307. The summed E-state index contributed by atoms with van der Waals surface area (Å²) in [6.45, 7) is 3.48. The zero-order valence-electron chi connectivity index (χ0n) is 10.2. The quantitative estimate of drug-likeness (QED) is 0.770. The summed E-state index contributed by atoms with van der Waals surface area (Å²) in [6, 6.07) is 2.08. The van der Waals surface area contributed by atoms with Crippen LogP contribution < -0.4 is 5.32 Å². The first kappa shape index (κ1) is 12.1. The van der Waals surface area contributed by atoms with E-state index in [0.717, 1.165) is 18.7 Å². The smallest absolute Gasteiger partial charge is 0.339 e. The van der Waals surface area contributed by atoms with Crippen LogP contribution in [0.2, 0.25) is 0 Å². The minimum Gasteiger partial charge on any atom is -0.465 e. The van der Waals surface area contributed by atoms with Crippen LogP contribution in [-0.2, 0) is 16.0 Å². The second kappa shape index (κ2) is 5.33. The molecule has 1 aliphatic rings. The Morgan fingerprint density at radius 1 is 1.71 bits per heavy atom. The summed E-state index contributed by atoms with van der Waals surface area (Å²) in [5.41, 5.74) is 1.45. The number of ether oxygens (including phenoxy) is 2. The van der Waals surface area contributed by atoms with Crippen LogP contribution in [0.3, 0.4) is 0 Å². The molecule has 5 heteroatoms. The number of aromatic nitrogens is 1. The van der Waals surface area contributed by atoms with Gasteiger partial charge in [0.05, 0.1) is 18.8 Å². The highest BCUT2D eigenvalue weighted by molar-refractivity contribution is 5.90. The normalized spacial score (nSPS) is 23.9. The maximum Gasteiger partial charge on any atom is 0.339 e. The van der Waals surface area contributed by atoms with E-state index in [0.29, 0.717) is 18.2 Å². The number of methoxy groups -OCH3 is 1. The van der Waals surface area contributed by atoms with Gasteiger partial charge in [0.1, 0.15) is 0 Å². The Morgan fingerprint density at radius 3 is 3.18 bits per heavy atom. The molecular formula is C12H18N2O3. The molecule has 1 aromatic heterocycles. The molecule has 17 heavy (non-hydrogen) atoms. The molecule has 5 nitrogen and oxygen atoms in total. The molecule has 1 fully saturated rings. The second-order valence-electron chi connectivity index (χ2n) is 4.21. The van der Waals surface area contributed by atoms with E-state index in [1.807, 2.05) is 0 Å². The van der Waals surface area contributed by atoms with Gasteiger partial charge in [0.25, 0.3) is 0 Å². The molecule has 2 unspecified atom stereocenters. The number of carbonyl (C=O) groups excluding carboxylic acids is 1. The number of carbonyl (C=O) groups is 1. The second-order valence-corrected chi connectivity index (χ2v) is 4.21. The molecule has 2 N–H and O–H groups in total. The third-order valence-electron chi connectivity index (χ3n) is 3.16. The molecule has 0 amide bonds. The summed E-state index contributed by atoms with van der Waals surface area (Å²) in [5, 5.41) is 3.39. The van der Waals surface area contributed by atoms with Crippen molar-refractivity contribution in [3.63, 3.8) is 0 Å². The van der Waals surface area contributed by atoms with E-state index >= 15 is 0 Å². The molecule has 0 aliphatic carbocycles. The largest absolute Gasteiger partial charge is 0.465 e. The van der Waals surface area contributed by atoms with Gasteiger partial charge < -0.3 is 19.8 Å². The van der Waals surface area contributed by atoms with Gasteiger partial charge in [-0.15, -0.1) is 0 Å². The van der Waals surface area contributed by atoms with Crippen molar-refractivity contribution in [2.24, 2.45) is 0 Å². The van der Waals surface area contributed by atoms with E-state index in [2.05, 4.69) is 17.2 Å². The molecule has 2 atom stereocenters. The van der Waals surface area contributed by atoms with Crippen LogP contribution in [0, 0.1) is 0 Å². The van der Waals surface area contributed by atoms with Crippen LogP contribution >= 0.6 is 0 Å². The number of aromatic amines is 1. The lowest BCUT2D eigenvalue weighted by Crippen LogP contribution is -2.34. The Bertz CT molecular complexity index is 389. The Kier molecular flexibility index (Phi) is 3.81. The Morgan fingerprint density at radius 2 is 2.53 bits per heavy atom. The minimum absolute atomic E-state index is 0.228. The molecule has 1 aromatic rings. The molecule has 2 heterocycles. The van der Waals surface area contributed by atoms with Gasteiger partial charge in [0, 0.05) is 31.1 Å². The van der Waals surface area contributed by atoms with Crippen LogP contribution in [0.25, 0.3) is 0 Å². The molecule has 0 saturated carbocycles. The van der Waals surface area contributed by atoms with Crippen molar-refractivity contribution >= 4 is 5.97 Å². The molecule has 0 radical (unpaired) electrons. The van der Waals surface area contributed by atoms with Gasteiger partial charge in [-0.25, -0.2) is 4.79 Å². The van der Waals surface area contributed by atoms with E-state index in [1.165, 1.54) is 7.11 Å². The first-order valence-corrected chi connectivity index (χ1v) is 5.82. The fourth-order valence-electron chi connectivity index (χ4n) is 2.08. The maximum atomic E-state index is 11.5. The average molecular weight is 238 g/mol. The Labute approximate surface area is 100 Å². The molecule has 94 valence electrons. The zero-order valence-corrected chi connectivity index (χ0v) is 10.2. The lowest BCUT2D eigenvalue weighted by atomic mass is 10.1. The lowest BCUT2D eigenvalue weighted by Gasteiger charge is -2.15. The topological polar surface area (TPSA) is 63.4 Å². The standard InChI is InChI=1S/C12H18N2O3/c1-8-10(4-6-17-8)14-7-11-9(3-5-13-11)12(15)16-2/h3,5,8,10,13-14H,4,6-7H2,1-2H3. The van der Waals surface area contributed by atoms with Crippen LogP contribution in [0.5, 0.6) is 0 Å². The van der Waals surface area contributed by atoms with Gasteiger partial charge in [-0.1, -0.05) is 0 Å². The predicted octanol–water partition coefficient (Wildman–Crippen LogP) is 1.07. The fourth-order valence-corrected chi connectivity index (χ4v) is 2.08. The SMILES string of the molecule is COC(=O)c1cc[nH]c1CNC1CCOC1C. The van der Waals surface area contributed by atoms with Gasteiger partial charge in [0.15, 0.2) is 0 Å². The van der Waals surface area contributed by atoms with E-state index < -0.39 is 0 Å². The van der Waals surface area contributed by atoms with Crippen molar-refractivity contribution in [2.75, 3.05) is 13.7 Å². The molecule has 1 aliphatic heterocycles. The molecule has 2 rings (SSSR count). The summed E-state index contributed by atoms with van der Waals surface area (Å²) in [6.07, 6.45) is 2.99. The number of hydrogen-bond acceptors (Lipinski definition) is 4. The van der Waals surface area contributed by atoms with Crippen LogP contribution in [0.4, 0.5) is 0 Å². The lowest BCUT2D eigenvalue weighted by molar-refractivity contribution is 0.0599. The van der Waals surface area contributed by atoms with Gasteiger partial charge in [-0.05, 0) is 19.4 Å². The molecule has 0 spiro atoms. The number of rotatable bonds is 4. The maximum absolute atomic E-state index is 11.5.